The summed E-state index contributed by atoms with van der Waals surface area (Å²) in [6.07, 6.45) is 0.348. The highest BCUT2D eigenvalue weighted by molar-refractivity contribution is 6.31. The van der Waals surface area contributed by atoms with Crippen LogP contribution in [0.2, 0.25) is 10.0 Å². The van der Waals surface area contributed by atoms with E-state index in [2.05, 4.69) is 19.2 Å². The third kappa shape index (κ3) is 3.73. The van der Waals surface area contributed by atoms with Gasteiger partial charge in [-0.1, -0.05) is 73.4 Å². The summed E-state index contributed by atoms with van der Waals surface area (Å²) in [7, 11) is 0. The van der Waals surface area contributed by atoms with Crippen LogP contribution in [0.15, 0.2) is 66.7 Å². The molecule has 0 aliphatic carbocycles. The Hall–Kier alpha value is -2.49. The molecule has 148 valence electrons. The van der Waals surface area contributed by atoms with Gasteiger partial charge in [-0.2, -0.15) is 0 Å². The molecule has 0 radical (unpaired) electrons. The Labute approximate surface area is 180 Å². The lowest BCUT2D eigenvalue weighted by molar-refractivity contribution is -0.130. The Bertz CT molecular complexity index is 1080. The number of fused-ring (bicyclic) bond motifs is 1. The summed E-state index contributed by atoms with van der Waals surface area (Å²) < 4.78 is 6.58. The van der Waals surface area contributed by atoms with E-state index in [4.69, 9.17) is 27.9 Å². The van der Waals surface area contributed by atoms with Gasteiger partial charge >= 0.3 is 0 Å². The fourth-order valence-electron chi connectivity index (χ4n) is 3.80. The first kappa shape index (κ1) is 19.8. The quantitative estimate of drug-likeness (QED) is 0.500. The van der Waals surface area contributed by atoms with Crippen LogP contribution in [0, 0.1) is 0 Å². The summed E-state index contributed by atoms with van der Waals surface area (Å²) in [5.41, 5.74) is 2.19. The van der Waals surface area contributed by atoms with E-state index in [0.717, 1.165) is 16.7 Å². The lowest BCUT2D eigenvalue weighted by atomic mass is 9.87. The van der Waals surface area contributed by atoms with E-state index >= 15 is 0 Å². The number of carbonyl (C=O) groups is 1. The van der Waals surface area contributed by atoms with Crippen molar-refractivity contribution in [2.24, 2.45) is 0 Å². The molecule has 1 N–H and O–H groups in total. The van der Waals surface area contributed by atoms with Gasteiger partial charge in [-0.25, -0.2) is 0 Å². The van der Waals surface area contributed by atoms with Crippen LogP contribution in [0.3, 0.4) is 0 Å². The number of rotatable bonds is 5. The van der Waals surface area contributed by atoms with Gasteiger partial charge in [0.1, 0.15) is 5.75 Å². The van der Waals surface area contributed by atoms with Gasteiger partial charge in [-0.15, -0.1) is 0 Å². The van der Waals surface area contributed by atoms with Crippen molar-refractivity contribution in [1.29, 1.82) is 0 Å². The minimum Gasteiger partial charge on any atom is -0.472 e. The number of halogens is 2. The van der Waals surface area contributed by atoms with Gasteiger partial charge in [0.2, 0.25) is 5.60 Å². The van der Waals surface area contributed by atoms with Crippen molar-refractivity contribution in [2.75, 3.05) is 5.32 Å². The lowest BCUT2D eigenvalue weighted by Crippen LogP contribution is -2.42. The van der Waals surface area contributed by atoms with E-state index in [1.807, 2.05) is 54.6 Å². The molecule has 1 atom stereocenters. The summed E-state index contributed by atoms with van der Waals surface area (Å²) in [6.45, 7) is 4.21. The second-order valence-corrected chi connectivity index (χ2v) is 8.45. The summed E-state index contributed by atoms with van der Waals surface area (Å²) in [6, 6.07) is 20.7. The van der Waals surface area contributed by atoms with Gasteiger partial charge < -0.3 is 10.1 Å². The van der Waals surface area contributed by atoms with Gasteiger partial charge in [-0.05, 0) is 47.4 Å². The second kappa shape index (κ2) is 7.74. The van der Waals surface area contributed by atoms with Crippen LogP contribution in [0.1, 0.15) is 36.5 Å². The minimum absolute atomic E-state index is 0.215. The summed E-state index contributed by atoms with van der Waals surface area (Å²) >= 11 is 12.4. The predicted octanol–water partition coefficient (Wildman–Crippen LogP) is 6.59. The first-order valence-electron chi connectivity index (χ1n) is 9.53. The number of amides is 1. The van der Waals surface area contributed by atoms with Crippen molar-refractivity contribution >= 4 is 34.8 Å². The molecule has 0 aromatic heterocycles. The zero-order chi connectivity index (χ0) is 20.6. The molecule has 1 aliphatic heterocycles. The lowest BCUT2D eigenvalue weighted by Gasteiger charge is -2.30. The van der Waals surface area contributed by atoms with E-state index in [9.17, 15) is 4.79 Å². The number of hydrogen-bond acceptors (Lipinski definition) is 2. The molecular weight excluding hydrogens is 405 g/mol. The number of anilines is 1. The minimum atomic E-state index is -1.21. The monoisotopic (exact) mass is 425 g/mol. The first-order valence-corrected chi connectivity index (χ1v) is 10.3. The number of ether oxygens (including phenoxy) is 1. The van der Waals surface area contributed by atoms with Crippen LogP contribution in [0.5, 0.6) is 5.75 Å². The molecule has 3 aromatic rings. The van der Waals surface area contributed by atoms with Gasteiger partial charge in [0.15, 0.2) is 0 Å². The van der Waals surface area contributed by atoms with Crippen molar-refractivity contribution in [3.63, 3.8) is 0 Å². The molecule has 29 heavy (non-hydrogen) atoms. The van der Waals surface area contributed by atoms with Gasteiger partial charge in [0.05, 0.1) is 5.69 Å². The SMILES string of the molecule is CC(C)c1ccccc1OC1(Cc2cccc(Cl)c2)C(=O)Nc2cc(Cl)ccc21. The molecule has 3 nitrogen and oxygen atoms in total. The maximum Gasteiger partial charge on any atom is 0.273 e. The van der Waals surface area contributed by atoms with E-state index < -0.39 is 5.60 Å². The van der Waals surface area contributed by atoms with Gasteiger partial charge in [0, 0.05) is 22.0 Å². The molecule has 0 spiro atoms. The highest BCUT2D eigenvalue weighted by atomic mass is 35.5. The summed E-state index contributed by atoms with van der Waals surface area (Å²) in [5.74, 6) is 0.736. The highest BCUT2D eigenvalue weighted by Gasteiger charge is 2.50. The van der Waals surface area contributed by atoms with Crippen molar-refractivity contribution in [3.8, 4) is 5.75 Å². The third-order valence-corrected chi connectivity index (χ3v) is 5.67. The maximum atomic E-state index is 13.3. The van der Waals surface area contributed by atoms with Gasteiger partial charge in [-0.3, -0.25) is 4.79 Å². The smallest absolute Gasteiger partial charge is 0.273 e. The van der Waals surface area contributed by atoms with Gasteiger partial charge in [0.25, 0.3) is 5.91 Å². The summed E-state index contributed by atoms with van der Waals surface area (Å²) in [5, 5.41) is 4.13. The Morgan fingerprint density at radius 1 is 0.966 bits per heavy atom. The van der Waals surface area contributed by atoms with E-state index in [1.165, 1.54) is 0 Å². The Balaban J connectivity index is 1.86. The number of hydrogen-bond donors (Lipinski definition) is 1. The van der Waals surface area contributed by atoms with E-state index in [1.54, 1.807) is 12.1 Å². The van der Waals surface area contributed by atoms with Crippen LogP contribution in [-0.4, -0.2) is 5.91 Å². The molecule has 0 bridgehead atoms. The average molecular weight is 426 g/mol. The van der Waals surface area contributed by atoms with E-state index in [-0.39, 0.29) is 11.8 Å². The zero-order valence-electron chi connectivity index (χ0n) is 16.2. The molecule has 1 heterocycles. The van der Waals surface area contributed by atoms with Crippen LogP contribution < -0.4 is 10.1 Å². The van der Waals surface area contributed by atoms with Crippen molar-refractivity contribution in [1.82, 2.24) is 0 Å². The predicted molar refractivity (Wildman–Crippen MR) is 118 cm³/mol. The molecule has 3 aromatic carbocycles. The normalized spacial score (nSPS) is 17.9. The molecule has 5 heteroatoms. The number of benzene rings is 3. The standard InChI is InChI=1S/C24H21Cl2NO2/c1-15(2)19-8-3-4-9-22(19)29-24(14-16-6-5-7-17(25)12-16)20-11-10-18(26)13-21(20)27-23(24)28/h3-13,15H,14H2,1-2H3,(H,27,28). The molecule has 0 saturated heterocycles. The number of para-hydroxylation sites is 1. The highest BCUT2D eigenvalue weighted by Crippen LogP contribution is 2.44. The Kier molecular flexibility index (Phi) is 5.28. The number of carbonyl (C=O) groups excluding carboxylic acids is 1. The number of nitrogens with one attached hydrogen (secondary N) is 1. The second-order valence-electron chi connectivity index (χ2n) is 7.57. The fraction of sp³-hybridized carbons (Fsp3) is 0.208. The van der Waals surface area contributed by atoms with Crippen LogP contribution in [0.4, 0.5) is 5.69 Å². The van der Waals surface area contributed by atoms with Crippen LogP contribution >= 0.6 is 23.2 Å². The van der Waals surface area contributed by atoms with Crippen molar-refractivity contribution in [3.05, 3.63) is 93.5 Å². The van der Waals surface area contributed by atoms with Crippen molar-refractivity contribution < 1.29 is 9.53 Å². The average Bonchev–Trinajstić information content (AvgIpc) is 2.92. The maximum absolute atomic E-state index is 13.3. The molecule has 0 fully saturated rings. The molecule has 1 aliphatic rings. The molecule has 1 unspecified atom stereocenters. The largest absolute Gasteiger partial charge is 0.472 e. The third-order valence-electron chi connectivity index (χ3n) is 5.20. The molecule has 1 amide bonds. The van der Waals surface area contributed by atoms with Crippen molar-refractivity contribution in [2.45, 2.75) is 31.8 Å². The van der Waals surface area contributed by atoms with Crippen LogP contribution in [0.25, 0.3) is 0 Å². The first-order chi connectivity index (χ1) is 13.9. The molecular formula is C24H21Cl2NO2. The summed E-state index contributed by atoms with van der Waals surface area (Å²) in [4.78, 5) is 13.3. The van der Waals surface area contributed by atoms with E-state index in [0.29, 0.717) is 27.9 Å². The molecule has 0 saturated carbocycles. The van der Waals surface area contributed by atoms with Crippen LogP contribution in [-0.2, 0) is 16.8 Å². The fourth-order valence-corrected chi connectivity index (χ4v) is 4.19. The topological polar surface area (TPSA) is 38.3 Å². The molecule has 4 rings (SSSR count). The Morgan fingerprint density at radius 3 is 2.48 bits per heavy atom. The Morgan fingerprint density at radius 2 is 1.72 bits per heavy atom. The zero-order valence-corrected chi connectivity index (χ0v) is 17.7.